The second kappa shape index (κ2) is 13.6. The number of esters is 4. The van der Waals surface area contributed by atoms with E-state index in [0.717, 1.165) is 20.8 Å². The van der Waals surface area contributed by atoms with Crippen LogP contribution in [0.5, 0.6) is 5.75 Å². The van der Waals surface area contributed by atoms with E-state index in [9.17, 15) is 24.0 Å². The first-order chi connectivity index (χ1) is 18.8. The Morgan fingerprint density at radius 1 is 0.800 bits per heavy atom. The van der Waals surface area contributed by atoms with Crippen LogP contribution in [-0.2, 0) is 47.7 Å². The minimum Gasteiger partial charge on any atom is -0.463 e. The molecule has 1 aromatic carbocycles. The van der Waals surface area contributed by atoms with Crippen LogP contribution in [0.4, 0.5) is 5.69 Å². The molecule has 1 aromatic rings. The molecular formula is C26H25Cl2NO11. The van der Waals surface area contributed by atoms with E-state index in [4.69, 9.17) is 51.6 Å². The van der Waals surface area contributed by atoms with Gasteiger partial charge in [0.1, 0.15) is 18.5 Å². The SMILES string of the molecule is CC(=O)OC[C@H]1O[C@@H](Oc2ccc(N=C3C=C(Cl)C(=O)C(Cl)=C3)cc2)[C@H](OC(C)=O)[C@@H](OC(C)=O)[C@@H]1OC(C)=O. The zero-order chi connectivity index (χ0) is 29.6. The van der Waals surface area contributed by atoms with Crippen molar-refractivity contribution in [2.45, 2.75) is 58.4 Å². The number of benzene rings is 1. The summed E-state index contributed by atoms with van der Waals surface area (Å²) < 4.78 is 33.0. The first-order valence-corrected chi connectivity index (χ1v) is 12.5. The van der Waals surface area contributed by atoms with Gasteiger partial charge in [0, 0.05) is 27.7 Å². The van der Waals surface area contributed by atoms with Gasteiger partial charge in [-0.1, -0.05) is 23.2 Å². The van der Waals surface area contributed by atoms with Crippen molar-refractivity contribution < 1.29 is 52.4 Å². The molecule has 0 bridgehead atoms. The number of halogens is 2. The monoisotopic (exact) mass is 597 g/mol. The summed E-state index contributed by atoms with van der Waals surface area (Å²) in [5.41, 5.74) is 0.808. The van der Waals surface area contributed by atoms with E-state index in [1.165, 1.54) is 31.2 Å². The number of aliphatic imine (C=N–C) groups is 1. The highest BCUT2D eigenvalue weighted by Crippen LogP contribution is 2.32. The maximum absolute atomic E-state index is 12.0. The van der Waals surface area contributed by atoms with E-state index in [2.05, 4.69) is 4.99 Å². The fourth-order valence-corrected chi connectivity index (χ4v) is 4.25. The molecule has 0 radical (unpaired) electrons. The Bertz CT molecular complexity index is 1250. The van der Waals surface area contributed by atoms with E-state index < -0.39 is 60.4 Å². The Hall–Kier alpha value is -3.74. The number of rotatable bonds is 8. The Kier molecular flexibility index (Phi) is 10.4. The molecule has 0 saturated carbocycles. The zero-order valence-electron chi connectivity index (χ0n) is 21.8. The summed E-state index contributed by atoms with van der Waals surface area (Å²) in [5, 5.41) is -0.148. The lowest BCUT2D eigenvalue weighted by Gasteiger charge is -2.43. The minimum absolute atomic E-state index is 0.0742. The van der Waals surface area contributed by atoms with Crippen LogP contribution in [0.15, 0.2) is 51.5 Å². The average molecular weight is 598 g/mol. The lowest BCUT2D eigenvalue weighted by atomic mass is 9.98. The molecule has 1 aliphatic carbocycles. The Labute approximate surface area is 238 Å². The fraction of sp³-hybridized carbons (Fsp3) is 0.385. The van der Waals surface area contributed by atoms with Gasteiger partial charge in [0.05, 0.1) is 21.5 Å². The Morgan fingerprint density at radius 2 is 1.32 bits per heavy atom. The molecule has 12 nitrogen and oxygen atoms in total. The number of nitrogens with zero attached hydrogens (tertiary/aromatic N) is 1. The molecule has 40 heavy (non-hydrogen) atoms. The van der Waals surface area contributed by atoms with Gasteiger partial charge < -0.3 is 28.4 Å². The molecule has 5 atom stereocenters. The van der Waals surface area contributed by atoms with E-state index in [1.54, 1.807) is 12.1 Å². The van der Waals surface area contributed by atoms with Gasteiger partial charge in [-0.05, 0) is 36.4 Å². The van der Waals surface area contributed by atoms with Crippen LogP contribution in [0, 0.1) is 0 Å². The van der Waals surface area contributed by atoms with Crippen LogP contribution in [0.1, 0.15) is 27.7 Å². The van der Waals surface area contributed by atoms with E-state index >= 15 is 0 Å². The number of Topliss-reactive ketones (excluding diaryl/α,β-unsaturated/α-hetero) is 1. The van der Waals surface area contributed by atoms with Crippen LogP contribution in [0.3, 0.4) is 0 Å². The first kappa shape index (κ1) is 30.8. The molecule has 214 valence electrons. The molecule has 0 aromatic heterocycles. The van der Waals surface area contributed by atoms with Crippen molar-refractivity contribution in [3.63, 3.8) is 0 Å². The van der Waals surface area contributed by atoms with Crippen LogP contribution in [-0.4, -0.2) is 72.7 Å². The number of hydrogen-bond acceptors (Lipinski definition) is 12. The molecule has 1 aliphatic heterocycles. The van der Waals surface area contributed by atoms with Gasteiger partial charge in [0.25, 0.3) is 0 Å². The van der Waals surface area contributed by atoms with Crippen molar-refractivity contribution in [1.29, 1.82) is 0 Å². The number of allylic oxidation sites excluding steroid dienone is 4. The van der Waals surface area contributed by atoms with Crippen LogP contribution in [0.25, 0.3) is 0 Å². The summed E-state index contributed by atoms with van der Waals surface area (Å²) in [6.45, 7) is 4.16. The summed E-state index contributed by atoms with van der Waals surface area (Å²) in [5.74, 6) is -3.18. The van der Waals surface area contributed by atoms with Crippen LogP contribution >= 0.6 is 23.2 Å². The van der Waals surface area contributed by atoms with Crippen molar-refractivity contribution >= 4 is 64.3 Å². The number of ether oxygens (including phenoxy) is 6. The minimum atomic E-state index is -1.38. The van der Waals surface area contributed by atoms with Crippen molar-refractivity contribution in [1.82, 2.24) is 0 Å². The van der Waals surface area contributed by atoms with Gasteiger partial charge in [0.15, 0.2) is 12.2 Å². The van der Waals surface area contributed by atoms with Crippen molar-refractivity contribution in [2.24, 2.45) is 4.99 Å². The fourth-order valence-electron chi connectivity index (χ4n) is 3.78. The molecule has 2 aliphatic rings. The summed E-state index contributed by atoms with van der Waals surface area (Å²) in [7, 11) is 0. The maximum Gasteiger partial charge on any atom is 0.303 e. The van der Waals surface area contributed by atoms with Gasteiger partial charge in [-0.15, -0.1) is 0 Å². The molecule has 1 fully saturated rings. The smallest absolute Gasteiger partial charge is 0.303 e. The summed E-state index contributed by atoms with van der Waals surface area (Å²) in [6.07, 6.45) is -3.83. The van der Waals surface area contributed by atoms with Crippen LogP contribution < -0.4 is 4.74 Å². The average Bonchev–Trinajstić information content (AvgIpc) is 2.85. The Morgan fingerprint density at radius 3 is 1.85 bits per heavy atom. The van der Waals surface area contributed by atoms with Gasteiger partial charge >= 0.3 is 23.9 Å². The lowest BCUT2D eigenvalue weighted by Crippen LogP contribution is -2.63. The van der Waals surface area contributed by atoms with E-state index in [-0.39, 0.29) is 22.4 Å². The predicted molar refractivity (Wildman–Crippen MR) is 139 cm³/mol. The molecule has 1 heterocycles. The molecule has 0 N–H and O–H groups in total. The van der Waals surface area contributed by atoms with Gasteiger partial charge in [-0.3, -0.25) is 24.0 Å². The van der Waals surface area contributed by atoms with E-state index in [0.29, 0.717) is 11.4 Å². The van der Waals surface area contributed by atoms with Gasteiger partial charge in [-0.2, -0.15) is 0 Å². The molecule has 0 unspecified atom stereocenters. The highest BCUT2D eigenvalue weighted by atomic mass is 35.5. The maximum atomic E-state index is 12.0. The second-order valence-electron chi connectivity index (χ2n) is 8.53. The van der Waals surface area contributed by atoms with Crippen LogP contribution in [0.2, 0.25) is 0 Å². The third-order valence-electron chi connectivity index (χ3n) is 5.28. The summed E-state index contributed by atoms with van der Waals surface area (Å²) >= 11 is 11.8. The lowest BCUT2D eigenvalue weighted by molar-refractivity contribution is -0.288. The quantitative estimate of drug-likeness (QED) is 0.247. The highest BCUT2D eigenvalue weighted by Gasteiger charge is 2.53. The number of hydrogen-bond donors (Lipinski definition) is 0. The van der Waals surface area contributed by atoms with Gasteiger partial charge in [-0.25, -0.2) is 4.99 Å². The summed E-state index contributed by atoms with van der Waals surface area (Å²) in [4.78, 5) is 63.3. The molecule has 0 amide bonds. The van der Waals surface area contributed by atoms with Crippen molar-refractivity contribution in [2.75, 3.05) is 6.61 Å². The Balaban J connectivity index is 1.91. The highest BCUT2D eigenvalue weighted by molar-refractivity contribution is 6.57. The topological polar surface area (TPSA) is 153 Å². The molecule has 0 spiro atoms. The van der Waals surface area contributed by atoms with E-state index in [1.807, 2.05) is 0 Å². The predicted octanol–water partition coefficient (Wildman–Crippen LogP) is 3.05. The molecule has 3 rings (SSSR count). The molecular weight excluding hydrogens is 573 g/mol. The number of carbonyl (C=O) groups excluding carboxylic acids is 5. The third-order valence-corrected chi connectivity index (χ3v) is 5.84. The van der Waals surface area contributed by atoms with Crippen molar-refractivity contribution in [3.05, 3.63) is 46.5 Å². The van der Waals surface area contributed by atoms with Crippen molar-refractivity contribution in [3.8, 4) is 5.75 Å². The number of ketones is 1. The van der Waals surface area contributed by atoms with Gasteiger partial charge in [0.2, 0.25) is 18.2 Å². The third kappa shape index (κ3) is 8.38. The second-order valence-corrected chi connectivity index (χ2v) is 9.34. The first-order valence-electron chi connectivity index (χ1n) is 11.8. The normalized spacial score (nSPS) is 24.2. The molecule has 1 saturated heterocycles. The standard InChI is InChI=1S/C26H25Cl2NO11/c1-12(30)35-11-21-23(36-13(2)31)24(37-14(3)32)25(38-15(4)33)26(40-21)39-18-7-5-16(6-8-18)29-17-9-19(27)22(34)20(28)10-17/h5-10,21,23-26H,11H2,1-4H3/t21-,23-,24+,25-,26-/m1/s1. The molecule has 14 heteroatoms. The summed E-state index contributed by atoms with van der Waals surface area (Å²) in [6, 6.07) is 6.21. The zero-order valence-corrected chi connectivity index (χ0v) is 23.3. The largest absolute Gasteiger partial charge is 0.463 e. The number of carbonyl (C=O) groups is 5.